The van der Waals surface area contributed by atoms with Crippen molar-refractivity contribution < 1.29 is 33.0 Å². The zero-order valence-corrected chi connectivity index (χ0v) is 20.5. The number of esters is 2. The van der Waals surface area contributed by atoms with Gasteiger partial charge in [0.1, 0.15) is 28.0 Å². The van der Waals surface area contributed by atoms with E-state index < -0.39 is 17.8 Å². The third-order valence-corrected chi connectivity index (χ3v) is 5.82. The van der Waals surface area contributed by atoms with Crippen LogP contribution in [-0.4, -0.2) is 30.6 Å². The predicted molar refractivity (Wildman–Crippen MR) is 128 cm³/mol. The zero-order valence-electron chi connectivity index (χ0n) is 19.7. The summed E-state index contributed by atoms with van der Waals surface area (Å²) in [4.78, 5) is 38.1. The summed E-state index contributed by atoms with van der Waals surface area (Å²) in [6, 6.07) is 10.7. The van der Waals surface area contributed by atoms with Crippen LogP contribution in [-0.2, 0) is 16.1 Å². The minimum Gasteiger partial charge on any atom is -0.486 e. The van der Waals surface area contributed by atoms with Crippen molar-refractivity contribution in [2.45, 2.75) is 47.3 Å². The van der Waals surface area contributed by atoms with Gasteiger partial charge in [-0.15, -0.1) is 11.3 Å². The second kappa shape index (κ2) is 11.0. The van der Waals surface area contributed by atoms with Gasteiger partial charge < -0.3 is 23.9 Å². The third-order valence-electron chi connectivity index (χ3n) is 4.64. The molecule has 1 amide bonds. The molecule has 0 saturated carbocycles. The normalized spacial score (nSPS) is 10.8. The molecule has 3 aromatic rings. The van der Waals surface area contributed by atoms with E-state index in [0.717, 1.165) is 16.9 Å². The first-order chi connectivity index (χ1) is 16.2. The minimum absolute atomic E-state index is 0.0368. The number of amides is 1. The van der Waals surface area contributed by atoms with E-state index >= 15 is 0 Å². The van der Waals surface area contributed by atoms with Gasteiger partial charge in [0.05, 0.1) is 18.3 Å². The molecular formula is C25H27NO7S. The summed E-state index contributed by atoms with van der Waals surface area (Å²) in [5, 5.41) is 2.86. The summed E-state index contributed by atoms with van der Waals surface area (Å²) >= 11 is 0.955. The molecule has 1 aromatic carbocycles. The molecule has 9 heteroatoms. The van der Waals surface area contributed by atoms with E-state index in [1.807, 2.05) is 31.2 Å². The van der Waals surface area contributed by atoms with Crippen molar-refractivity contribution in [1.29, 1.82) is 0 Å². The van der Waals surface area contributed by atoms with Gasteiger partial charge >= 0.3 is 11.9 Å². The Morgan fingerprint density at radius 3 is 2.53 bits per heavy atom. The van der Waals surface area contributed by atoms with Crippen LogP contribution in [0.1, 0.15) is 68.2 Å². The molecule has 0 fully saturated rings. The number of furan rings is 1. The van der Waals surface area contributed by atoms with Crippen molar-refractivity contribution in [2.75, 3.05) is 11.9 Å². The summed E-state index contributed by atoms with van der Waals surface area (Å²) in [5.74, 6) is -0.595. The lowest BCUT2D eigenvalue weighted by Gasteiger charge is -2.10. The van der Waals surface area contributed by atoms with E-state index in [1.54, 1.807) is 33.8 Å². The van der Waals surface area contributed by atoms with E-state index in [1.165, 1.54) is 6.07 Å². The fraction of sp³-hybridized carbons (Fsp3) is 0.320. The van der Waals surface area contributed by atoms with Crippen molar-refractivity contribution in [3.05, 3.63) is 69.5 Å². The van der Waals surface area contributed by atoms with Gasteiger partial charge in [-0.3, -0.25) is 4.79 Å². The topological polar surface area (TPSA) is 104 Å². The van der Waals surface area contributed by atoms with Crippen LogP contribution in [0.4, 0.5) is 5.00 Å². The molecule has 0 unspecified atom stereocenters. The maximum atomic E-state index is 12.9. The molecule has 0 bridgehead atoms. The molecule has 2 heterocycles. The fourth-order valence-electron chi connectivity index (χ4n) is 3.11. The van der Waals surface area contributed by atoms with Crippen LogP contribution in [0.15, 0.2) is 40.8 Å². The third kappa shape index (κ3) is 6.05. The largest absolute Gasteiger partial charge is 0.486 e. The lowest BCUT2D eigenvalue weighted by Crippen LogP contribution is -2.16. The molecule has 1 N–H and O–H groups in total. The highest BCUT2D eigenvalue weighted by Crippen LogP contribution is 2.35. The van der Waals surface area contributed by atoms with Crippen LogP contribution < -0.4 is 10.1 Å². The Morgan fingerprint density at radius 1 is 1.09 bits per heavy atom. The Bertz CT molecular complexity index is 1190. The summed E-state index contributed by atoms with van der Waals surface area (Å²) in [6.45, 7) is 9.03. The highest BCUT2D eigenvalue weighted by molar-refractivity contribution is 7.18. The van der Waals surface area contributed by atoms with Crippen molar-refractivity contribution in [2.24, 2.45) is 0 Å². The van der Waals surface area contributed by atoms with Gasteiger partial charge in [-0.05, 0) is 70.0 Å². The molecule has 3 rings (SSSR count). The quantitative estimate of drug-likeness (QED) is 0.397. The smallest absolute Gasteiger partial charge is 0.348 e. The number of rotatable bonds is 9. The average Bonchev–Trinajstić information content (AvgIpc) is 3.36. The van der Waals surface area contributed by atoms with E-state index in [2.05, 4.69) is 5.32 Å². The Balaban J connectivity index is 1.78. The molecular weight excluding hydrogens is 458 g/mol. The number of hydrogen-bond acceptors (Lipinski definition) is 8. The van der Waals surface area contributed by atoms with Crippen molar-refractivity contribution in [3.63, 3.8) is 0 Å². The number of carbonyl (C=O) groups excluding carboxylic acids is 3. The maximum absolute atomic E-state index is 12.9. The molecule has 34 heavy (non-hydrogen) atoms. The molecule has 0 atom stereocenters. The van der Waals surface area contributed by atoms with Crippen LogP contribution in [0.5, 0.6) is 5.75 Å². The number of ether oxygens (including phenoxy) is 3. The van der Waals surface area contributed by atoms with Gasteiger partial charge in [0.15, 0.2) is 5.76 Å². The van der Waals surface area contributed by atoms with E-state index in [-0.39, 0.29) is 40.5 Å². The highest BCUT2D eigenvalue weighted by Gasteiger charge is 2.28. The number of hydrogen-bond donors (Lipinski definition) is 1. The number of carbonyl (C=O) groups is 3. The molecule has 0 aliphatic carbocycles. The first kappa shape index (κ1) is 25.0. The van der Waals surface area contributed by atoms with Crippen LogP contribution in [0.3, 0.4) is 0 Å². The van der Waals surface area contributed by atoms with Gasteiger partial charge in [-0.25, -0.2) is 9.59 Å². The van der Waals surface area contributed by atoms with E-state index in [9.17, 15) is 14.4 Å². The van der Waals surface area contributed by atoms with Crippen molar-refractivity contribution >= 4 is 34.2 Å². The summed E-state index contributed by atoms with van der Waals surface area (Å²) in [5.41, 5.74) is 1.57. The molecule has 0 aliphatic heterocycles. The lowest BCUT2D eigenvalue weighted by molar-refractivity contribution is 0.0379. The second-order valence-corrected chi connectivity index (χ2v) is 8.78. The number of aryl methyl sites for hydroxylation is 1. The molecule has 0 radical (unpaired) electrons. The lowest BCUT2D eigenvalue weighted by atomic mass is 10.1. The second-order valence-electron chi connectivity index (χ2n) is 7.76. The van der Waals surface area contributed by atoms with E-state index in [4.69, 9.17) is 18.6 Å². The van der Waals surface area contributed by atoms with Gasteiger partial charge in [-0.1, -0.05) is 12.1 Å². The Morgan fingerprint density at radius 2 is 1.85 bits per heavy atom. The van der Waals surface area contributed by atoms with Gasteiger partial charge in [-0.2, -0.15) is 0 Å². The molecule has 0 aliphatic rings. The highest BCUT2D eigenvalue weighted by atomic mass is 32.1. The van der Waals surface area contributed by atoms with Crippen molar-refractivity contribution in [1.82, 2.24) is 0 Å². The maximum Gasteiger partial charge on any atom is 0.348 e. The van der Waals surface area contributed by atoms with Crippen molar-refractivity contribution in [3.8, 4) is 5.75 Å². The molecule has 2 aromatic heterocycles. The van der Waals surface area contributed by atoms with Crippen LogP contribution in [0.2, 0.25) is 0 Å². The minimum atomic E-state index is -0.638. The number of benzene rings is 1. The molecule has 0 saturated heterocycles. The molecule has 8 nitrogen and oxygen atoms in total. The first-order valence-electron chi connectivity index (χ1n) is 10.8. The van der Waals surface area contributed by atoms with Crippen LogP contribution in [0.25, 0.3) is 0 Å². The number of nitrogens with one attached hydrogen (secondary N) is 1. The van der Waals surface area contributed by atoms with Gasteiger partial charge in [0, 0.05) is 0 Å². The zero-order chi connectivity index (χ0) is 24.8. The Hall–Kier alpha value is -3.59. The van der Waals surface area contributed by atoms with Crippen LogP contribution >= 0.6 is 11.3 Å². The fourth-order valence-corrected chi connectivity index (χ4v) is 4.20. The van der Waals surface area contributed by atoms with Gasteiger partial charge in [0.25, 0.3) is 5.91 Å². The molecule has 180 valence electrons. The standard InChI is InChI=1S/C25H27NO7S/c1-6-30-25(29)21-16(5)20(24(28)32-14(2)3)23(34-21)26-22(27)19-11-10-18(33-19)13-31-17-9-7-8-15(4)12-17/h7-12,14H,6,13H2,1-5H3,(H,26,27). The average molecular weight is 486 g/mol. The molecule has 0 spiro atoms. The summed E-state index contributed by atoms with van der Waals surface area (Å²) in [6.07, 6.45) is -0.373. The monoisotopic (exact) mass is 485 g/mol. The number of thiophene rings is 1. The summed E-state index contributed by atoms with van der Waals surface area (Å²) < 4.78 is 21.7. The van der Waals surface area contributed by atoms with Crippen LogP contribution in [0, 0.1) is 13.8 Å². The Kier molecular flexibility index (Phi) is 8.12. The predicted octanol–water partition coefficient (Wildman–Crippen LogP) is 5.53. The summed E-state index contributed by atoms with van der Waals surface area (Å²) in [7, 11) is 0. The number of anilines is 1. The SMILES string of the molecule is CCOC(=O)c1sc(NC(=O)c2ccc(COc3cccc(C)c3)o2)c(C(=O)OC(C)C)c1C. The van der Waals surface area contributed by atoms with E-state index in [0.29, 0.717) is 17.1 Å². The Labute approximate surface area is 201 Å². The first-order valence-corrected chi connectivity index (χ1v) is 11.6. The van der Waals surface area contributed by atoms with Gasteiger partial charge in [0.2, 0.25) is 0 Å².